The maximum atomic E-state index is 11.9. The number of carbonyl (C=O) groups excluding carboxylic acids is 1. The smallest absolute Gasteiger partial charge is 0.316 e. The van der Waals surface area contributed by atoms with Crippen LogP contribution in [0.2, 0.25) is 0 Å². The third-order valence-electron chi connectivity index (χ3n) is 6.07. The van der Waals surface area contributed by atoms with Crippen LogP contribution in [0.15, 0.2) is 28.4 Å². The summed E-state index contributed by atoms with van der Waals surface area (Å²) >= 11 is 1.85. The Morgan fingerprint density at radius 2 is 2.03 bits per heavy atom. The summed E-state index contributed by atoms with van der Waals surface area (Å²) in [4.78, 5) is 27.6. The Kier molecular flexibility index (Phi) is 10.7. The van der Waals surface area contributed by atoms with Crippen LogP contribution in [0.25, 0.3) is 10.9 Å². The predicted octanol–water partition coefficient (Wildman–Crippen LogP) is 7.32. The summed E-state index contributed by atoms with van der Waals surface area (Å²) in [7, 11) is 0. The molecule has 1 unspecified atom stereocenters. The number of rotatable bonds is 7. The number of aryl methyl sites for hydroxylation is 1. The predicted molar refractivity (Wildman–Crippen MR) is 138 cm³/mol. The van der Waals surface area contributed by atoms with Gasteiger partial charge in [-0.1, -0.05) is 45.6 Å². The topological polar surface area (TPSA) is 63.8 Å². The summed E-state index contributed by atoms with van der Waals surface area (Å²) in [5.74, 6) is 0.813. The Morgan fingerprint density at radius 3 is 2.75 bits per heavy atom. The van der Waals surface area contributed by atoms with E-state index >= 15 is 0 Å². The number of thioether (sulfide) groups is 1. The molecule has 1 aromatic carbocycles. The molecule has 0 saturated carbocycles. The SMILES string of the molecule is C#C.CCCCCCC(C)c1c2n(c3cc(C(=O)N=O)ccc13)CCCCSC(C)=NC2. The third kappa shape index (κ3) is 6.32. The first-order valence-corrected chi connectivity index (χ1v) is 12.5. The van der Waals surface area contributed by atoms with Crippen LogP contribution in [0.5, 0.6) is 0 Å². The largest absolute Gasteiger partial charge is 0.343 e. The van der Waals surface area contributed by atoms with E-state index in [0.717, 1.165) is 42.1 Å². The standard InChI is InChI=1S/C24H33N3O2S.C2H2/c1-4-5-6-7-10-17(2)23-20-12-11-19(24(28)26-29)15-21(20)27-13-8-9-14-30-18(3)25-16-22(23)27;1-2/h11-12,15,17H,4-10,13-14,16H2,1-3H3;1-2H. The molecule has 0 bridgehead atoms. The zero-order chi connectivity index (χ0) is 23.5. The molecule has 5 nitrogen and oxygen atoms in total. The lowest BCUT2D eigenvalue weighted by molar-refractivity contribution is 0.100. The van der Waals surface area contributed by atoms with Gasteiger partial charge in [-0.25, -0.2) is 0 Å². The van der Waals surface area contributed by atoms with Crippen molar-refractivity contribution in [3.05, 3.63) is 39.9 Å². The van der Waals surface area contributed by atoms with Gasteiger partial charge in [0.15, 0.2) is 0 Å². The van der Waals surface area contributed by atoms with Gasteiger partial charge in [-0.2, -0.15) is 0 Å². The summed E-state index contributed by atoms with van der Waals surface area (Å²) in [6.45, 7) is 8.23. The molecule has 1 aromatic heterocycles. The molecule has 6 heteroatoms. The van der Waals surface area contributed by atoms with E-state index in [0.29, 0.717) is 18.0 Å². The third-order valence-corrected chi connectivity index (χ3v) is 7.11. The van der Waals surface area contributed by atoms with Crippen LogP contribution >= 0.6 is 11.8 Å². The van der Waals surface area contributed by atoms with E-state index in [4.69, 9.17) is 4.99 Å². The first kappa shape index (κ1) is 25.9. The van der Waals surface area contributed by atoms with Gasteiger partial charge in [0.2, 0.25) is 0 Å². The van der Waals surface area contributed by atoms with E-state index in [-0.39, 0.29) is 0 Å². The number of unbranched alkanes of at least 4 members (excludes halogenated alkanes) is 3. The minimum Gasteiger partial charge on any atom is -0.343 e. The maximum Gasteiger partial charge on any atom is 0.316 e. The van der Waals surface area contributed by atoms with E-state index < -0.39 is 5.91 Å². The van der Waals surface area contributed by atoms with Crippen molar-refractivity contribution in [1.82, 2.24) is 4.57 Å². The summed E-state index contributed by atoms with van der Waals surface area (Å²) in [6.07, 6.45) is 16.4. The molecule has 0 aliphatic carbocycles. The Hall–Kier alpha value is -2.39. The number of nitrogens with zero attached hydrogens (tertiary/aromatic N) is 3. The quantitative estimate of drug-likeness (QED) is 0.251. The number of terminal acetylenes is 1. The molecule has 1 atom stereocenters. The molecule has 0 fully saturated rings. The Labute approximate surface area is 196 Å². The molecule has 32 heavy (non-hydrogen) atoms. The molecule has 1 amide bonds. The van der Waals surface area contributed by atoms with Gasteiger partial charge in [-0.05, 0) is 55.6 Å². The molecule has 0 radical (unpaired) electrons. The fraction of sp³-hybridized carbons (Fsp3) is 0.538. The summed E-state index contributed by atoms with van der Waals surface area (Å²) in [5, 5.41) is 4.95. The minimum atomic E-state index is -0.702. The first-order chi connectivity index (χ1) is 15.6. The van der Waals surface area contributed by atoms with Crippen molar-refractivity contribution in [2.45, 2.75) is 84.7 Å². The van der Waals surface area contributed by atoms with Gasteiger partial charge < -0.3 is 4.57 Å². The van der Waals surface area contributed by atoms with E-state index in [2.05, 4.69) is 43.4 Å². The maximum absolute atomic E-state index is 11.9. The highest BCUT2D eigenvalue weighted by molar-refractivity contribution is 8.13. The second-order valence-electron chi connectivity index (χ2n) is 8.28. The Bertz CT molecular complexity index is 974. The van der Waals surface area contributed by atoms with Crippen LogP contribution in [-0.2, 0) is 13.1 Å². The van der Waals surface area contributed by atoms with Crippen molar-refractivity contribution in [2.75, 3.05) is 5.75 Å². The fourth-order valence-electron chi connectivity index (χ4n) is 4.44. The summed E-state index contributed by atoms with van der Waals surface area (Å²) < 4.78 is 2.35. The molecule has 0 spiro atoms. The highest BCUT2D eigenvalue weighted by Crippen LogP contribution is 2.36. The number of hydrogen-bond donors (Lipinski definition) is 0. The van der Waals surface area contributed by atoms with Crippen LogP contribution < -0.4 is 0 Å². The van der Waals surface area contributed by atoms with Crippen molar-refractivity contribution >= 4 is 33.6 Å². The number of carbonyl (C=O) groups is 1. The molecule has 3 rings (SSSR count). The Balaban J connectivity index is 0.00000176. The van der Waals surface area contributed by atoms with Crippen LogP contribution in [-0.4, -0.2) is 21.3 Å². The van der Waals surface area contributed by atoms with E-state index in [1.807, 2.05) is 23.9 Å². The zero-order valence-electron chi connectivity index (χ0n) is 19.6. The average Bonchev–Trinajstić information content (AvgIpc) is 3.13. The molecule has 2 heterocycles. The molecule has 0 N–H and O–H groups in total. The molecule has 1 aliphatic heterocycles. The number of aromatic nitrogens is 1. The summed E-state index contributed by atoms with van der Waals surface area (Å²) in [5.41, 5.74) is 4.03. The van der Waals surface area contributed by atoms with Crippen molar-refractivity contribution in [2.24, 2.45) is 10.2 Å². The zero-order valence-corrected chi connectivity index (χ0v) is 20.4. The van der Waals surface area contributed by atoms with Gasteiger partial charge in [0.05, 0.1) is 11.6 Å². The number of nitroso groups, excluding NO2 is 1. The lowest BCUT2D eigenvalue weighted by atomic mass is 9.92. The second kappa shape index (κ2) is 13.2. The first-order valence-electron chi connectivity index (χ1n) is 11.6. The van der Waals surface area contributed by atoms with Gasteiger partial charge >= 0.3 is 5.91 Å². The number of hydrogen-bond acceptors (Lipinski definition) is 4. The van der Waals surface area contributed by atoms with Gasteiger partial charge in [0.1, 0.15) is 0 Å². The highest BCUT2D eigenvalue weighted by atomic mass is 32.2. The van der Waals surface area contributed by atoms with Gasteiger partial charge in [-0.3, -0.25) is 9.79 Å². The monoisotopic (exact) mass is 453 g/mol. The van der Waals surface area contributed by atoms with E-state index in [9.17, 15) is 9.70 Å². The molecular weight excluding hydrogens is 418 g/mol. The Morgan fingerprint density at radius 1 is 1.25 bits per heavy atom. The highest BCUT2D eigenvalue weighted by Gasteiger charge is 2.22. The van der Waals surface area contributed by atoms with Crippen molar-refractivity contribution in [3.8, 4) is 12.8 Å². The van der Waals surface area contributed by atoms with Gasteiger partial charge in [-0.15, -0.1) is 29.5 Å². The minimum absolute atomic E-state index is 0.368. The average molecular weight is 454 g/mol. The van der Waals surface area contributed by atoms with Gasteiger partial charge in [0, 0.05) is 33.9 Å². The summed E-state index contributed by atoms with van der Waals surface area (Å²) in [6, 6.07) is 5.61. The molecule has 0 saturated heterocycles. The molecular formula is C26H35N3O2S. The van der Waals surface area contributed by atoms with E-state index in [1.165, 1.54) is 42.3 Å². The second-order valence-corrected chi connectivity index (χ2v) is 9.57. The fourth-order valence-corrected chi connectivity index (χ4v) is 5.24. The van der Waals surface area contributed by atoms with Gasteiger partial charge in [0.25, 0.3) is 0 Å². The van der Waals surface area contributed by atoms with Crippen LogP contribution in [0, 0.1) is 17.8 Å². The van der Waals surface area contributed by atoms with Crippen LogP contribution in [0.3, 0.4) is 0 Å². The number of aliphatic imine (C=N–C) groups is 1. The normalized spacial score (nSPS) is 15.1. The van der Waals surface area contributed by atoms with Crippen molar-refractivity contribution < 1.29 is 4.79 Å². The number of amides is 1. The number of benzene rings is 1. The van der Waals surface area contributed by atoms with E-state index in [1.54, 1.807) is 6.07 Å². The molecule has 172 valence electrons. The van der Waals surface area contributed by atoms with Crippen molar-refractivity contribution in [3.63, 3.8) is 0 Å². The number of fused-ring (bicyclic) bond motifs is 3. The van der Waals surface area contributed by atoms with Crippen molar-refractivity contribution in [1.29, 1.82) is 0 Å². The molecule has 1 aliphatic rings. The van der Waals surface area contributed by atoms with Crippen LogP contribution in [0.1, 0.15) is 93.3 Å². The lowest BCUT2D eigenvalue weighted by Crippen LogP contribution is -2.08. The van der Waals surface area contributed by atoms with Crippen LogP contribution in [0.4, 0.5) is 0 Å². The molecule has 2 aromatic rings. The lowest BCUT2D eigenvalue weighted by Gasteiger charge is -2.16.